The summed E-state index contributed by atoms with van der Waals surface area (Å²) in [7, 11) is 3.99. The molecule has 15 heavy (non-hydrogen) atoms. The summed E-state index contributed by atoms with van der Waals surface area (Å²) in [6, 6.07) is 1.36. The minimum Gasteiger partial charge on any atom is -0.383 e. The molecule has 0 saturated heterocycles. The highest BCUT2D eigenvalue weighted by Crippen LogP contribution is 2.24. The van der Waals surface area contributed by atoms with Crippen molar-refractivity contribution >= 4 is 0 Å². The molecule has 1 N–H and O–H groups in total. The van der Waals surface area contributed by atoms with Gasteiger partial charge in [0.1, 0.15) is 0 Å². The molecule has 1 aliphatic carbocycles. The SMILES string of the molecule is COCC(NCCN(C)C1CC1)C(C)C. The monoisotopic (exact) mass is 214 g/mol. The first-order valence-electron chi connectivity index (χ1n) is 6.07. The highest BCUT2D eigenvalue weighted by molar-refractivity contribution is 4.82. The Balaban J connectivity index is 2.09. The fourth-order valence-electron chi connectivity index (χ4n) is 1.79. The van der Waals surface area contributed by atoms with Gasteiger partial charge in [0.25, 0.3) is 0 Å². The zero-order valence-electron chi connectivity index (χ0n) is 10.6. The van der Waals surface area contributed by atoms with Crippen LogP contribution in [0.1, 0.15) is 26.7 Å². The van der Waals surface area contributed by atoms with E-state index in [1.54, 1.807) is 7.11 Å². The Bertz CT molecular complexity index is 169. The van der Waals surface area contributed by atoms with Gasteiger partial charge in [0, 0.05) is 32.3 Å². The molecule has 90 valence electrons. The van der Waals surface area contributed by atoms with E-state index in [-0.39, 0.29) is 0 Å². The molecule has 1 aliphatic rings. The Morgan fingerprint density at radius 2 is 2.07 bits per heavy atom. The molecule has 0 aromatic heterocycles. The van der Waals surface area contributed by atoms with Crippen molar-refractivity contribution in [2.45, 2.75) is 38.8 Å². The van der Waals surface area contributed by atoms with Crippen LogP contribution in [0.25, 0.3) is 0 Å². The van der Waals surface area contributed by atoms with E-state index in [0.29, 0.717) is 12.0 Å². The van der Waals surface area contributed by atoms with Gasteiger partial charge in [-0.3, -0.25) is 0 Å². The van der Waals surface area contributed by atoms with Gasteiger partial charge in [0.15, 0.2) is 0 Å². The molecule has 1 atom stereocenters. The predicted octanol–water partition coefficient (Wildman–Crippen LogP) is 1.34. The average molecular weight is 214 g/mol. The van der Waals surface area contributed by atoms with Crippen LogP contribution in [-0.4, -0.2) is 50.8 Å². The quantitative estimate of drug-likeness (QED) is 0.660. The molecule has 0 heterocycles. The summed E-state index contributed by atoms with van der Waals surface area (Å²) in [5.74, 6) is 0.635. The predicted molar refractivity (Wildman–Crippen MR) is 64.2 cm³/mol. The first-order chi connectivity index (χ1) is 7.15. The molecule has 0 aromatic carbocycles. The van der Waals surface area contributed by atoms with Crippen LogP contribution in [0.4, 0.5) is 0 Å². The summed E-state index contributed by atoms with van der Waals surface area (Å²) in [5, 5.41) is 3.57. The maximum absolute atomic E-state index is 5.21. The van der Waals surface area contributed by atoms with Gasteiger partial charge in [0.2, 0.25) is 0 Å². The van der Waals surface area contributed by atoms with E-state index in [1.165, 1.54) is 12.8 Å². The van der Waals surface area contributed by atoms with Crippen LogP contribution in [0.3, 0.4) is 0 Å². The van der Waals surface area contributed by atoms with Gasteiger partial charge in [0.05, 0.1) is 6.61 Å². The van der Waals surface area contributed by atoms with E-state index >= 15 is 0 Å². The lowest BCUT2D eigenvalue weighted by Gasteiger charge is -2.23. The molecule has 1 unspecified atom stereocenters. The second-order valence-electron chi connectivity index (χ2n) is 4.97. The molecule has 0 aliphatic heterocycles. The Labute approximate surface area is 94.2 Å². The molecule has 0 amide bonds. The molecular weight excluding hydrogens is 188 g/mol. The van der Waals surface area contributed by atoms with Crippen LogP contribution in [0, 0.1) is 5.92 Å². The lowest BCUT2D eigenvalue weighted by atomic mass is 10.1. The Kier molecular flexibility index (Phi) is 5.58. The molecule has 1 rings (SSSR count). The van der Waals surface area contributed by atoms with Crippen molar-refractivity contribution in [3.8, 4) is 0 Å². The van der Waals surface area contributed by atoms with Crippen molar-refractivity contribution in [3.05, 3.63) is 0 Å². The van der Waals surface area contributed by atoms with Crippen molar-refractivity contribution in [1.29, 1.82) is 0 Å². The molecule has 0 spiro atoms. The van der Waals surface area contributed by atoms with Crippen molar-refractivity contribution in [1.82, 2.24) is 10.2 Å². The fourth-order valence-corrected chi connectivity index (χ4v) is 1.79. The number of hydrogen-bond donors (Lipinski definition) is 1. The number of ether oxygens (including phenoxy) is 1. The van der Waals surface area contributed by atoms with Crippen LogP contribution in [-0.2, 0) is 4.74 Å². The highest BCUT2D eigenvalue weighted by Gasteiger charge is 2.25. The molecule has 0 bridgehead atoms. The van der Waals surface area contributed by atoms with E-state index in [4.69, 9.17) is 4.74 Å². The molecule has 0 radical (unpaired) electrons. The zero-order valence-corrected chi connectivity index (χ0v) is 10.6. The molecule has 3 nitrogen and oxygen atoms in total. The van der Waals surface area contributed by atoms with Crippen LogP contribution in [0.2, 0.25) is 0 Å². The number of nitrogens with zero attached hydrogens (tertiary/aromatic N) is 1. The number of hydrogen-bond acceptors (Lipinski definition) is 3. The van der Waals surface area contributed by atoms with Crippen LogP contribution >= 0.6 is 0 Å². The normalized spacial score (nSPS) is 18.8. The summed E-state index contributed by atoms with van der Waals surface area (Å²) in [4.78, 5) is 2.46. The largest absolute Gasteiger partial charge is 0.383 e. The summed E-state index contributed by atoms with van der Waals surface area (Å²) >= 11 is 0. The number of likely N-dealkylation sites (N-methyl/N-ethyl adjacent to an activating group) is 1. The van der Waals surface area contributed by atoms with E-state index in [2.05, 4.69) is 31.1 Å². The standard InChI is InChI=1S/C12H26N2O/c1-10(2)12(9-15-4)13-7-8-14(3)11-5-6-11/h10-13H,5-9H2,1-4H3. The second-order valence-corrected chi connectivity index (χ2v) is 4.97. The lowest BCUT2D eigenvalue weighted by Crippen LogP contribution is -2.41. The average Bonchev–Trinajstić information content (AvgIpc) is 2.99. The van der Waals surface area contributed by atoms with Gasteiger partial charge in [-0.25, -0.2) is 0 Å². The third kappa shape index (κ3) is 4.96. The Morgan fingerprint density at radius 1 is 1.40 bits per heavy atom. The Hall–Kier alpha value is -0.120. The van der Waals surface area contributed by atoms with Crippen molar-refractivity contribution in [2.75, 3.05) is 33.9 Å². The van der Waals surface area contributed by atoms with Crippen LogP contribution in [0.15, 0.2) is 0 Å². The first-order valence-corrected chi connectivity index (χ1v) is 6.07. The minimum absolute atomic E-state index is 0.489. The van der Waals surface area contributed by atoms with Gasteiger partial charge < -0.3 is 15.0 Å². The third-order valence-corrected chi connectivity index (χ3v) is 3.19. The summed E-state index contributed by atoms with van der Waals surface area (Å²) in [6.45, 7) is 7.50. The summed E-state index contributed by atoms with van der Waals surface area (Å²) < 4.78 is 5.21. The van der Waals surface area contributed by atoms with E-state index in [0.717, 1.165) is 25.7 Å². The Morgan fingerprint density at radius 3 is 2.53 bits per heavy atom. The van der Waals surface area contributed by atoms with E-state index in [9.17, 15) is 0 Å². The molecule has 1 saturated carbocycles. The van der Waals surface area contributed by atoms with Crippen LogP contribution in [0.5, 0.6) is 0 Å². The van der Waals surface area contributed by atoms with Gasteiger partial charge >= 0.3 is 0 Å². The molecular formula is C12H26N2O. The highest BCUT2D eigenvalue weighted by atomic mass is 16.5. The smallest absolute Gasteiger partial charge is 0.0618 e. The summed E-state index contributed by atoms with van der Waals surface area (Å²) in [5.41, 5.74) is 0. The molecule has 1 fully saturated rings. The number of nitrogens with one attached hydrogen (secondary N) is 1. The number of rotatable bonds is 8. The molecule has 0 aromatic rings. The van der Waals surface area contributed by atoms with Gasteiger partial charge in [-0.15, -0.1) is 0 Å². The van der Waals surface area contributed by atoms with Gasteiger partial charge in [-0.1, -0.05) is 13.8 Å². The number of methoxy groups -OCH3 is 1. The van der Waals surface area contributed by atoms with Crippen molar-refractivity contribution in [2.24, 2.45) is 5.92 Å². The van der Waals surface area contributed by atoms with Crippen molar-refractivity contribution in [3.63, 3.8) is 0 Å². The maximum atomic E-state index is 5.21. The zero-order chi connectivity index (χ0) is 11.3. The maximum Gasteiger partial charge on any atom is 0.0618 e. The topological polar surface area (TPSA) is 24.5 Å². The van der Waals surface area contributed by atoms with Crippen LogP contribution < -0.4 is 5.32 Å². The van der Waals surface area contributed by atoms with Crippen molar-refractivity contribution < 1.29 is 4.74 Å². The summed E-state index contributed by atoms with van der Waals surface area (Å²) in [6.07, 6.45) is 2.78. The third-order valence-electron chi connectivity index (χ3n) is 3.19. The van der Waals surface area contributed by atoms with E-state index in [1.807, 2.05) is 0 Å². The fraction of sp³-hybridized carbons (Fsp3) is 1.00. The van der Waals surface area contributed by atoms with Gasteiger partial charge in [-0.05, 0) is 25.8 Å². The first kappa shape index (κ1) is 12.9. The van der Waals surface area contributed by atoms with Gasteiger partial charge in [-0.2, -0.15) is 0 Å². The second kappa shape index (κ2) is 6.46. The minimum atomic E-state index is 0.489. The van der Waals surface area contributed by atoms with E-state index < -0.39 is 0 Å². The lowest BCUT2D eigenvalue weighted by molar-refractivity contribution is 0.145. The molecule has 3 heteroatoms.